The zero-order valence-electron chi connectivity index (χ0n) is 12.8. The van der Waals surface area contributed by atoms with Crippen LogP contribution in [0.3, 0.4) is 0 Å². The van der Waals surface area contributed by atoms with Crippen LogP contribution in [-0.4, -0.2) is 51.4 Å². The lowest BCUT2D eigenvalue weighted by atomic mass is 10.2. The Bertz CT molecular complexity index is 801. The number of para-hydroxylation sites is 2. The van der Waals surface area contributed by atoms with E-state index in [1.165, 1.54) is 12.5 Å². The predicted octanol–water partition coefficient (Wildman–Crippen LogP) is 2.04. The fourth-order valence-electron chi connectivity index (χ4n) is 3.00. The van der Waals surface area contributed by atoms with Crippen LogP contribution in [0.15, 0.2) is 53.6 Å². The summed E-state index contributed by atoms with van der Waals surface area (Å²) in [4.78, 5) is 20.9. The predicted molar refractivity (Wildman–Crippen MR) is 85.9 cm³/mol. The first-order valence-corrected chi connectivity index (χ1v) is 7.75. The molecule has 0 saturated carbocycles. The van der Waals surface area contributed by atoms with Crippen LogP contribution >= 0.6 is 0 Å². The molecule has 1 aromatic carbocycles. The second-order valence-electron chi connectivity index (χ2n) is 5.77. The highest BCUT2D eigenvalue weighted by atomic mass is 16.3. The van der Waals surface area contributed by atoms with Gasteiger partial charge in [0.2, 0.25) is 0 Å². The molecule has 118 valence electrons. The van der Waals surface area contributed by atoms with Crippen LogP contribution in [0, 0.1) is 0 Å². The molecule has 1 fully saturated rings. The van der Waals surface area contributed by atoms with Crippen molar-refractivity contribution in [2.45, 2.75) is 6.67 Å². The third-order valence-electron chi connectivity index (χ3n) is 4.31. The van der Waals surface area contributed by atoms with Gasteiger partial charge in [-0.15, -0.1) is 0 Å². The third kappa shape index (κ3) is 2.73. The third-order valence-corrected chi connectivity index (χ3v) is 4.31. The number of nitrogens with zero attached hydrogens (tertiary/aromatic N) is 4. The molecule has 3 aromatic rings. The van der Waals surface area contributed by atoms with E-state index in [9.17, 15) is 4.79 Å². The van der Waals surface area contributed by atoms with Gasteiger partial charge in [-0.25, -0.2) is 4.98 Å². The molecule has 1 amide bonds. The minimum absolute atomic E-state index is 0.0477. The van der Waals surface area contributed by atoms with Gasteiger partial charge in [0.15, 0.2) is 0 Å². The van der Waals surface area contributed by atoms with Gasteiger partial charge in [0.1, 0.15) is 6.26 Å². The average molecular weight is 310 g/mol. The summed E-state index contributed by atoms with van der Waals surface area (Å²) >= 11 is 0. The van der Waals surface area contributed by atoms with Crippen molar-refractivity contribution in [1.29, 1.82) is 0 Å². The van der Waals surface area contributed by atoms with Crippen molar-refractivity contribution in [2.24, 2.45) is 0 Å². The number of carbonyl (C=O) groups is 1. The molecule has 0 atom stereocenters. The van der Waals surface area contributed by atoms with Crippen LogP contribution in [0.1, 0.15) is 10.4 Å². The second-order valence-corrected chi connectivity index (χ2v) is 5.77. The molecule has 2 aromatic heterocycles. The van der Waals surface area contributed by atoms with E-state index in [1.807, 2.05) is 29.4 Å². The monoisotopic (exact) mass is 310 g/mol. The summed E-state index contributed by atoms with van der Waals surface area (Å²) in [7, 11) is 0. The number of piperazine rings is 1. The highest BCUT2D eigenvalue weighted by Crippen LogP contribution is 2.14. The lowest BCUT2D eigenvalue weighted by Gasteiger charge is -2.34. The summed E-state index contributed by atoms with van der Waals surface area (Å²) in [6.45, 7) is 3.98. The lowest BCUT2D eigenvalue weighted by molar-refractivity contribution is 0.0596. The second kappa shape index (κ2) is 5.89. The Kier molecular flexibility index (Phi) is 3.59. The molecule has 3 heterocycles. The van der Waals surface area contributed by atoms with Gasteiger partial charge >= 0.3 is 0 Å². The molecule has 6 heteroatoms. The number of hydrogen-bond donors (Lipinski definition) is 0. The summed E-state index contributed by atoms with van der Waals surface area (Å²) in [5, 5.41) is 0. The van der Waals surface area contributed by atoms with Gasteiger partial charge in [-0.2, -0.15) is 0 Å². The fraction of sp³-hybridized carbons (Fsp3) is 0.294. The van der Waals surface area contributed by atoms with Crippen LogP contribution in [-0.2, 0) is 6.67 Å². The number of amides is 1. The first kappa shape index (κ1) is 14.0. The van der Waals surface area contributed by atoms with E-state index >= 15 is 0 Å². The molecule has 0 N–H and O–H groups in total. The molecule has 0 spiro atoms. The zero-order chi connectivity index (χ0) is 15.6. The quantitative estimate of drug-likeness (QED) is 0.743. The van der Waals surface area contributed by atoms with E-state index in [2.05, 4.69) is 20.5 Å². The molecular weight excluding hydrogens is 292 g/mol. The number of imidazole rings is 1. The van der Waals surface area contributed by atoms with E-state index in [0.29, 0.717) is 5.56 Å². The lowest BCUT2D eigenvalue weighted by Crippen LogP contribution is -2.48. The highest BCUT2D eigenvalue weighted by molar-refractivity contribution is 5.93. The maximum Gasteiger partial charge on any atom is 0.257 e. The molecule has 23 heavy (non-hydrogen) atoms. The Morgan fingerprint density at radius 1 is 1.13 bits per heavy atom. The highest BCUT2D eigenvalue weighted by Gasteiger charge is 2.22. The van der Waals surface area contributed by atoms with Crippen molar-refractivity contribution >= 4 is 16.9 Å². The number of benzene rings is 1. The number of aromatic nitrogens is 2. The van der Waals surface area contributed by atoms with Gasteiger partial charge in [-0.05, 0) is 18.2 Å². The minimum Gasteiger partial charge on any atom is -0.472 e. The standard InChI is InChI=1S/C17H18N4O2/c22-17(14-5-10-23-11-14)20-8-6-19(7-9-20)13-21-12-18-15-3-1-2-4-16(15)21/h1-5,10-12H,6-9,13H2. The number of fused-ring (bicyclic) bond motifs is 1. The van der Waals surface area contributed by atoms with E-state index in [0.717, 1.165) is 43.9 Å². The maximum absolute atomic E-state index is 12.3. The molecular formula is C17H18N4O2. The summed E-state index contributed by atoms with van der Waals surface area (Å²) in [6, 6.07) is 9.85. The summed E-state index contributed by atoms with van der Waals surface area (Å²) in [6.07, 6.45) is 4.92. The molecule has 4 rings (SSSR count). The fourth-order valence-corrected chi connectivity index (χ4v) is 3.00. The van der Waals surface area contributed by atoms with Crippen LogP contribution in [0.5, 0.6) is 0 Å². The van der Waals surface area contributed by atoms with Gasteiger partial charge in [-0.3, -0.25) is 9.69 Å². The molecule has 6 nitrogen and oxygen atoms in total. The largest absolute Gasteiger partial charge is 0.472 e. The van der Waals surface area contributed by atoms with E-state index < -0.39 is 0 Å². The van der Waals surface area contributed by atoms with Crippen molar-refractivity contribution < 1.29 is 9.21 Å². The van der Waals surface area contributed by atoms with Crippen molar-refractivity contribution in [3.8, 4) is 0 Å². The molecule has 1 aliphatic heterocycles. The number of rotatable bonds is 3. The SMILES string of the molecule is O=C(c1ccoc1)N1CCN(Cn2cnc3ccccc32)CC1. The molecule has 0 aliphatic carbocycles. The van der Waals surface area contributed by atoms with Gasteiger partial charge in [0.05, 0.1) is 35.9 Å². The van der Waals surface area contributed by atoms with Crippen molar-refractivity contribution in [2.75, 3.05) is 26.2 Å². The topological polar surface area (TPSA) is 54.5 Å². The number of carbonyl (C=O) groups excluding carboxylic acids is 1. The molecule has 0 radical (unpaired) electrons. The van der Waals surface area contributed by atoms with Crippen LogP contribution in [0.25, 0.3) is 11.0 Å². The zero-order valence-corrected chi connectivity index (χ0v) is 12.8. The first-order valence-electron chi connectivity index (χ1n) is 7.75. The van der Waals surface area contributed by atoms with Gasteiger partial charge in [0.25, 0.3) is 5.91 Å². The number of hydrogen-bond acceptors (Lipinski definition) is 4. The Labute approximate surface area is 133 Å². The van der Waals surface area contributed by atoms with E-state index in [1.54, 1.807) is 6.07 Å². The minimum atomic E-state index is 0.0477. The summed E-state index contributed by atoms with van der Waals surface area (Å²) in [5.74, 6) is 0.0477. The Hall–Kier alpha value is -2.60. The summed E-state index contributed by atoms with van der Waals surface area (Å²) in [5.41, 5.74) is 2.78. The van der Waals surface area contributed by atoms with E-state index in [-0.39, 0.29) is 5.91 Å². The van der Waals surface area contributed by atoms with Crippen LogP contribution in [0.4, 0.5) is 0 Å². The maximum atomic E-state index is 12.3. The molecule has 0 unspecified atom stereocenters. The van der Waals surface area contributed by atoms with Crippen LogP contribution < -0.4 is 0 Å². The van der Waals surface area contributed by atoms with Gasteiger partial charge in [0, 0.05) is 26.2 Å². The molecule has 1 aliphatic rings. The molecule has 0 bridgehead atoms. The first-order chi connectivity index (χ1) is 11.3. The Morgan fingerprint density at radius 3 is 2.74 bits per heavy atom. The van der Waals surface area contributed by atoms with Gasteiger partial charge < -0.3 is 13.9 Å². The van der Waals surface area contributed by atoms with Gasteiger partial charge in [-0.1, -0.05) is 12.1 Å². The number of furan rings is 1. The van der Waals surface area contributed by atoms with E-state index in [4.69, 9.17) is 4.42 Å². The van der Waals surface area contributed by atoms with Crippen molar-refractivity contribution in [3.63, 3.8) is 0 Å². The Morgan fingerprint density at radius 2 is 1.96 bits per heavy atom. The van der Waals surface area contributed by atoms with Crippen molar-refractivity contribution in [1.82, 2.24) is 19.4 Å². The molecule has 1 saturated heterocycles. The summed E-state index contributed by atoms with van der Waals surface area (Å²) < 4.78 is 7.15. The van der Waals surface area contributed by atoms with Crippen molar-refractivity contribution in [3.05, 3.63) is 54.7 Å². The Balaban J connectivity index is 1.39. The van der Waals surface area contributed by atoms with Crippen LogP contribution in [0.2, 0.25) is 0 Å². The smallest absolute Gasteiger partial charge is 0.257 e. The average Bonchev–Trinajstić information content (AvgIpc) is 3.25. The normalized spacial score (nSPS) is 16.1.